The van der Waals surface area contributed by atoms with Gasteiger partial charge in [0.2, 0.25) is 5.91 Å². The number of carbonyl (C=O) groups excluding carboxylic acids is 1. The zero-order valence-electron chi connectivity index (χ0n) is 18.4. The third-order valence-electron chi connectivity index (χ3n) is 6.28. The average Bonchev–Trinajstić information content (AvgIpc) is 3.26. The summed E-state index contributed by atoms with van der Waals surface area (Å²) < 4.78 is 1.24. The van der Waals surface area contributed by atoms with Gasteiger partial charge >= 0.3 is 5.97 Å². The first-order chi connectivity index (χ1) is 15.9. The Morgan fingerprint density at radius 1 is 1.00 bits per heavy atom. The van der Waals surface area contributed by atoms with E-state index in [1.165, 1.54) is 10.1 Å². The number of aromatic carboxylic acids is 1. The zero-order valence-corrected chi connectivity index (χ0v) is 19.2. The highest BCUT2D eigenvalue weighted by Gasteiger charge is 2.32. The Hall–Kier alpha value is -3.64. The number of anilines is 2. The molecule has 0 aliphatic carbocycles. The summed E-state index contributed by atoms with van der Waals surface area (Å²) >= 11 is 1.72. The monoisotopic (exact) mass is 456 g/mol. The van der Waals surface area contributed by atoms with E-state index in [1.807, 2.05) is 29.2 Å². The molecule has 0 bridgehead atoms. The van der Waals surface area contributed by atoms with Crippen molar-refractivity contribution < 1.29 is 14.7 Å². The number of hydrogen-bond donors (Lipinski definition) is 2. The number of rotatable bonds is 4. The summed E-state index contributed by atoms with van der Waals surface area (Å²) in [5.74, 6) is -0.911. The van der Waals surface area contributed by atoms with Gasteiger partial charge < -0.3 is 15.3 Å². The first kappa shape index (κ1) is 21.2. The summed E-state index contributed by atoms with van der Waals surface area (Å²) in [6.45, 7) is 3.69. The Morgan fingerprint density at radius 3 is 2.48 bits per heavy atom. The Labute approximate surface area is 196 Å². The minimum atomic E-state index is -0.940. The Kier molecular flexibility index (Phi) is 5.38. The van der Waals surface area contributed by atoms with Gasteiger partial charge in [0.05, 0.1) is 11.6 Å². The van der Waals surface area contributed by atoms with Crippen molar-refractivity contribution in [3.8, 4) is 11.1 Å². The van der Waals surface area contributed by atoms with Crippen LogP contribution in [0.5, 0.6) is 0 Å². The topological polar surface area (TPSA) is 69.6 Å². The number of carbonyl (C=O) groups is 2. The summed E-state index contributed by atoms with van der Waals surface area (Å²) in [6, 6.07) is 21.6. The largest absolute Gasteiger partial charge is 0.478 e. The van der Waals surface area contributed by atoms with Crippen LogP contribution >= 0.6 is 11.3 Å². The lowest BCUT2D eigenvalue weighted by Crippen LogP contribution is -2.43. The van der Waals surface area contributed by atoms with Crippen molar-refractivity contribution in [3.63, 3.8) is 0 Å². The highest BCUT2D eigenvalue weighted by atomic mass is 32.1. The number of thiophene rings is 1. The predicted molar refractivity (Wildman–Crippen MR) is 134 cm³/mol. The molecule has 1 aliphatic rings. The molecule has 1 amide bonds. The van der Waals surface area contributed by atoms with Gasteiger partial charge in [0, 0.05) is 29.0 Å². The maximum Gasteiger partial charge on any atom is 0.335 e. The molecule has 2 atom stereocenters. The average molecular weight is 457 g/mol. The third-order valence-corrected chi connectivity index (χ3v) is 7.16. The molecule has 1 aromatic heterocycles. The van der Waals surface area contributed by atoms with Gasteiger partial charge in [0.25, 0.3) is 0 Å². The number of amides is 1. The quantitative estimate of drug-likeness (QED) is 0.365. The van der Waals surface area contributed by atoms with Gasteiger partial charge in [-0.05, 0) is 83.3 Å². The first-order valence-electron chi connectivity index (χ1n) is 10.9. The fraction of sp³-hybridized carbons (Fsp3) is 0.185. The van der Waals surface area contributed by atoms with Crippen molar-refractivity contribution in [1.29, 1.82) is 0 Å². The Balaban J connectivity index is 1.55. The molecular formula is C27H24N2O3S. The smallest absolute Gasteiger partial charge is 0.335 e. The standard InChI is InChI=1S/C27H24N2O3S/c1-16-13-24(28-22-9-7-19-11-12-33-26(19)15-22)23-14-21(8-10-25(23)29(16)17(2)30)18-3-5-20(6-4-18)27(31)32/h3-12,14-16,24,28H,13H2,1-2H3,(H,31,32)/t16-,24+/m0/s1. The number of nitrogens with one attached hydrogen (secondary N) is 1. The predicted octanol–water partition coefficient (Wildman–Crippen LogP) is 6.56. The van der Waals surface area contributed by atoms with E-state index < -0.39 is 5.97 Å². The summed E-state index contributed by atoms with van der Waals surface area (Å²) in [7, 11) is 0. The lowest BCUT2D eigenvalue weighted by atomic mass is 9.88. The molecule has 33 heavy (non-hydrogen) atoms. The van der Waals surface area contributed by atoms with Crippen molar-refractivity contribution in [2.45, 2.75) is 32.4 Å². The van der Waals surface area contributed by atoms with Crippen LogP contribution in [0.3, 0.4) is 0 Å². The number of hydrogen-bond acceptors (Lipinski definition) is 4. The Bertz CT molecular complexity index is 1360. The molecular weight excluding hydrogens is 432 g/mol. The fourth-order valence-electron chi connectivity index (χ4n) is 4.71. The molecule has 5 nitrogen and oxygen atoms in total. The molecule has 4 aromatic rings. The van der Waals surface area contributed by atoms with E-state index in [9.17, 15) is 14.7 Å². The molecule has 2 N–H and O–H groups in total. The maximum atomic E-state index is 12.5. The van der Waals surface area contributed by atoms with Crippen LogP contribution in [0.4, 0.5) is 11.4 Å². The highest BCUT2D eigenvalue weighted by Crippen LogP contribution is 2.41. The van der Waals surface area contributed by atoms with Gasteiger partial charge in [0.15, 0.2) is 0 Å². The summed E-state index contributed by atoms with van der Waals surface area (Å²) in [5, 5.41) is 16.2. The van der Waals surface area contributed by atoms with E-state index in [2.05, 4.69) is 48.0 Å². The lowest BCUT2D eigenvalue weighted by Gasteiger charge is -2.39. The molecule has 166 valence electrons. The second kappa shape index (κ2) is 8.37. The molecule has 5 rings (SSSR count). The normalized spacial score (nSPS) is 17.6. The fourth-order valence-corrected chi connectivity index (χ4v) is 5.54. The number of benzene rings is 3. The van der Waals surface area contributed by atoms with Crippen LogP contribution in [0.15, 0.2) is 72.1 Å². The summed E-state index contributed by atoms with van der Waals surface area (Å²) in [5.41, 5.74) is 5.23. The molecule has 3 aromatic carbocycles. The highest BCUT2D eigenvalue weighted by molar-refractivity contribution is 7.17. The second-order valence-electron chi connectivity index (χ2n) is 8.50. The van der Waals surface area contributed by atoms with E-state index in [4.69, 9.17) is 0 Å². The van der Waals surface area contributed by atoms with Crippen LogP contribution in [0.2, 0.25) is 0 Å². The minimum Gasteiger partial charge on any atom is -0.478 e. The zero-order chi connectivity index (χ0) is 23.1. The molecule has 0 saturated carbocycles. The van der Waals surface area contributed by atoms with Crippen LogP contribution in [0, 0.1) is 0 Å². The van der Waals surface area contributed by atoms with Crippen LogP contribution in [-0.4, -0.2) is 23.0 Å². The number of carboxylic acids is 1. The molecule has 0 radical (unpaired) electrons. The van der Waals surface area contributed by atoms with Crippen LogP contribution in [0.1, 0.15) is 42.2 Å². The van der Waals surface area contributed by atoms with Crippen molar-refractivity contribution in [3.05, 3.63) is 83.2 Å². The van der Waals surface area contributed by atoms with Crippen molar-refractivity contribution in [1.82, 2.24) is 0 Å². The Morgan fingerprint density at radius 2 is 1.76 bits per heavy atom. The molecule has 0 unspecified atom stereocenters. The third kappa shape index (κ3) is 3.98. The van der Waals surface area contributed by atoms with E-state index in [0.29, 0.717) is 0 Å². The van der Waals surface area contributed by atoms with Gasteiger partial charge in [-0.25, -0.2) is 4.79 Å². The van der Waals surface area contributed by atoms with E-state index in [-0.39, 0.29) is 23.6 Å². The first-order valence-corrected chi connectivity index (χ1v) is 11.8. The molecule has 6 heteroatoms. The summed E-state index contributed by atoms with van der Waals surface area (Å²) in [4.78, 5) is 25.5. The van der Waals surface area contributed by atoms with Crippen LogP contribution in [0.25, 0.3) is 21.2 Å². The van der Waals surface area contributed by atoms with E-state index >= 15 is 0 Å². The lowest BCUT2D eigenvalue weighted by molar-refractivity contribution is -0.117. The maximum absolute atomic E-state index is 12.5. The number of carboxylic acid groups (broad SMARTS) is 1. The molecule has 0 fully saturated rings. The van der Waals surface area contributed by atoms with Gasteiger partial charge in [-0.15, -0.1) is 11.3 Å². The van der Waals surface area contributed by atoms with Crippen molar-refractivity contribution >= 4 is 44.7 Å². The second-order valence-corrected chi connectivity index (χ2v) is 9.45. The van der Waals surface area contributed by atoms with E-state index in [1.54, 1.807) is 30.4 Å². The van der Waals surface area contributed by atoms with Crippen LogP contribution in [-0.2, 0) is 4.79 Å². The SMILES string of the molecule is CC(=O)N1c2ccc(-c3ccc(C(=O)O)cc3)cc2[C@H](Nc2ccc3ccsc3c2)C[C@@H]1C. The molecule has 0 saturated heterocycles. The minimum absolute atomic E-state index is 0.0285. The number of fused-ring (bicyclic) bond motifs is 2. The van der Waals surface area contributed by atoms with Gasteiger partial charge in [0.1, 0.15) is 0 Å². The van der Waals surface area contributed by atoms with Gasteiger partial charge in [-0.3, -0.25) is 4.79 Å². The van der Waals surface area contributed by atoms with Crippen molar-refractivity contribution in [2.75, 3.05) is 10.2 Å². The molecule has 1 aliphatic heterocycles. The van der Waals surface area contributed by atoms with Gasteiger partial charge in [-0.1, -0.05) is 24.3 Å². The van der Waals surface area contributed by atoms with E-state index in [0.717, 1.165) is 34.5 Å². The van der Waals surface area contributed by atoms with Crippen LogP contribution < -0.4 is 10.2 Å². The molecule has 2 heterocycles. The van der Waals surface area contributed by atoms with Gasteiger partial charge in [-0.2, -0.15) is 0 Å². The molecule has 0 spiro atoms. The van der Waals surface area contributed by atoms with Crippen molar-refractivity contribution in [2.24, 2.45) is 0 Å². The number of nitrogens with zero attached hydrogens (tertiary/aromatic N) is 1. The summed E-state index contributed by atoms with van der Waals surface area (Å²) in [6.07, 6.45) is 0.788.